The molecule has 2 rings (SSSR count). The van der Waals surface area contributed by atoms with E-state index in [4.69, 9.17) is 0 Å². The molecule has 1 N–H and O–H groups in total. The monoisotopic (exact) mass is 256 g/mol. The minimum Gasteiger partial charge on any atom is -0.314 e. The van der Waals surface area contributed by atoms with Crippen LogP contribution in [0.2, 0.25) is 0 Å². The summed E-state index contributed by atoms with van der Waals surface area (Å²) >= 11 is 0. The topological polar surface area (TPSA) is 24.9 Å². The molecular formula is C17H24N2. The van der Waals surface area contributed by atoms with Gasteiger partial charge in [-0.25, -0.2) is 0 Å². The van der Waals surface area contributed by atoms with Crippen molar-refractivity contribution in [3.8, 4) is 0 Å². The standard InChI is InChI=1S/C17H24N2/c1-3-12-18-15(4-2)11-10-14-7-5-9-17-16(14)8-6-13-19-17/h5-9,13,15,18H,3-4,10-12H2,1-2H3. The first kappa shape index (κ1) is 14.0. The van der Waals surface area contributed by atoms with Gasteiger partial charge >= 0.3 is 0 Å². The smallest absolute Gasteiger partial charge is 0.0704 e. The van der Waals surface area contributed by atoms with Crippen molar-refractivity contribution in [1.82, 2.24) is 10.3 Å². The molecule has 0 aliphatic heterocycles. The van der Waals surface area contributed by atoms with E-state index in [1.165, 1.54) is 30.2 Å². The van der Waals surface area contributed by atoms with Crippen LogP contribution in [-0.2, 0) is 6.42 Å². The molecule has 2 heteroatoms. The molecule has 0 amide bonds. The highest BCUT2D eigenvalue weighted by atomic mass is 14.9. The maximum Gasteiger partial charge on any atom is 0.0704 e. The summed E-state index contributed by atoms with van der Waals surface area (Å²) in [4.78, 5) is 4.42. The van der Waals surface area contributed by atoms with Crippen molar-refractivity contribution in [3.63, 3.8) is 0 Å². The van der Waals surface area contributed by atoms with Crippen molar-refractivity contribution >= 4 is 10.9 Å². The summed E-state index contributed by atoms with van der Waals surface area (Å²) in [5.41, 5.74) is 2.52. The lowest BCUT2D eigenvalue weighted by atomic mass is 10.00. The Morgan fingerprint density at radius 1 is 1.16 bits per heavy atom. The summed E-state index contributed by atoms with van der Waals surface area (Å²) < 4.78 is 0. The van der Waals surface area contributed by atoms with Gasteiger partial charge < -0.3 is 5.32 Å². The number of aromatic nitrogens is 1. The fourth-order valence-electron chi connectivity index (χ4n) is 2.51. The van der Waals surface area contributed by atoms with Gasteiger partial charge in [-0.15, -0.1) is 0 Å². The predicted molar refractivity (Wildman–Crippen MR) is 82.4 cm³/mol. The average Bonchev–Trinajstić information content (AvgIpc) is 2.47. The van der Waals surface area contributed by atoms with E-state index in [1.807, 2.05) is 12.3 Å². The van der Waals surface area contributed by atoms with Crippen LogP contribution in [-0.4, -0.2) is 17.6 Å². The van der Waals surface area contributed by atoms with Gasteiger partial charge in [0, 0.05) is 17.6 Å². The third kappa shape index (κ3) is 3.77. The normalized spacial score (nSPS) is 12.7. The summed E-state index contributed by atoms with van der Waals surface area (Å²) in [5, 5.41) is 4.92. The molecule has 1 aromatic heterocycles. The van der Waals surface area contributed by atoms with Crippen LogP contribution in [0.1, 0.15) is 38.7 Å². The Balaban J connectivity index is 2.04. The molecule has 0 aliphatic rings. The van der Waals surface area contributed by atoms with Gasteiger partial charge in [-0.1, -0.05) is 32.0 Å². The summed E-state index contributed by atoms with van der Waals surface area (Å²) in [5.74, 6) is 0. The Bertz CT molecular complexity index is 502. The van der Waals surface area contributed by atoms with Crippen molar-refractivity contribution in [2.24, 2.45) is 0 Å². The number of hydrogen-bond donors (Lipinski definition) is 1. The maximum absolute atomic E-state index is 4.42. The fraction of sp³-hybridized carbons (Fsp3) is 0.471. The Kier molecular flexibility index (Phi) is 5.34. The zero-order valence-electron chi connectivity index (χ0n) is 12.0. The van der Waals surface area contributed by atoms with Crippen LogP contribution in [0.15, 0.2) is 36.5 Å². The predicted octanol–water partition coefficient (Wildman–Crippen LogP) is 3.95. The second-order valence-corrected chi connectivity index (χ2v) is 5.09. The molecule has 0 saturated carbocycles. The van der Waals surface area contributed by atoms with Gasteiger partial charge in [-0.3, -0.25) is 4.98 Å². The zero-order valence-corrected chi connectivity index (χ0v) is 12.0. The summed E-state index contributed by atoms with van der Waals surface area (Å²) in [7, 11) is 0. The van der Waals surface area contributed by atoms with Gasteiger partial charge in [0.1, 0.15) is 0 Å². The van der Waals surface area contributed by atoms with Gasteiger partial charge in [0.2, 0.25) is 0 Å². The van der Waals surface area contributed by atoms with E-state index in [0.29, 0.717) is 6.04 Å². The number of nitrogens with one attached hydrogen (secondary N) is 1. The molecule has 0 spiro atoms. The van der Waals surface area contributed by atoms with Gasteiger partial charge in [0.05, 0.1) is 5.52 Å². The highest BCUT2D eigenvalue weighted by Crippen LogP contribution is 2.18. The molecule has 1 heterocycles. The lowest BCUT2D eigenvalue weighted by Crippen LogP contribution is -2.29. The molecule has 0 radical (unpaired) electrons. The number of hydrogen-bond acceptors (Lipinski definition) is 2. The van der Waals surface area contributed by atoms with Crippen LogP contribution >= 0.6 is 0 Å². The molecule has 2 nitrogen and oxygen atoms in total. The van der Waals surface area contributed by atoms with E-state index in [9.17, 15) is 0 Å². The highest BCUT2D eigenvalue weighted by Gasteiger charge is 2.07. The van der Waals surface area contributed by atoms with Crippen LogP contribution in [0.4, 0.5) is 0 Å². The van der Waals surface area contributed by atoms with Crippen molar-refractivity contribution in [3.05, 3.63) is 42.1 Å². The summed E-state index contributed by atoms with van der Waals surface area (Å²) in [6, 6.07) is 11.3. The molecule has 102 valence electrons. The zero-order chi connectivity index (χ0) is 13.5. The van der Waals surface area contributed by atoms with Gasteiger partial charge in [0.15, 0.2) is 0 Å². The molecule has 0 aliphatic carbocycles. The molecule has 19 heavy (non-hydrogen) atoms. The second kappa shape index (κ2) is 7.25. The lowest BCUT2D eigenvalue weighted by molar-refractivity contribution is 0.469. The molecule has 1 aromatic carbocycles. The second-order valence-electron chi connectivity index (χ2n) is 5.09. The Morgan fingerprint density at radius 3 is 2.84 bits per heavy atom. The van der Waals surface area contributed by atoms with Crippen LogP contribution in [0.3, 0.4) is 0 Å². The van der Waals surface area contributed by atoms with Crippen LogP contribution in [0.5, 0.6) is 0 Å². The number of aryl methyl sites for hydroxylation is 1. The molecule has 0 saturated heterocycles. The molecule has 0 bridgehead atoms. The van der Waals surface area contributed by atoms with E-state index >= 15 is 0 Å². The van der Waals surface area contributed by atoms with E-state index in [0.717, 1.165) is 18.5 Å². The van der Waals surface area contributed by atoms with Crippen LogP contribution in [0.25, 0.3) is 10.9 Å². The molecule has 2 aromatic rings. The summed E-state index contributed by atoms with van der Waals surface area (Å²) in [6.45, 7) is 5.60. The maximum atomic E-state index is 4.42. The minimum atomic E-state index is 0.631. The van der Waals surface area contributed by atoms with Crippen molar-refractivity contribution < 1.29 is 0 Å². The summed E-state index contributed by atoms with van der Waals surface area (Å²) in [6.07, 6.45) is 6.59. The van der Waals surface area contributed by atoms with Crippen LogP contribution < -0.4 is 5.32 Å². The third-order valence-electron chi connectivity index (χ3n) is 3.67. The van der Waals surface area contributed by atoms with E-state index in [2.05, 4.69) is 48.4 Å². The Labute approximate surface area is 116 Å². The Morgan fingerprint density at radius 2 is 2.05 bits per heavy atom. The Hall–Kier alpha value is -1.41. The van der Waals surface area contributed by atoms with Gasteiger partial charge in [0.25, 0.3) is 0 Å². The SMILES string of the molecule is CCCNC(CC)CCc1cccc2ncccc12. The molecule has 1 atom stereocenters. The van der Waals surface area contributed by atoms with Crippen molar-refractivity contribution in [2.45, 2.75) is 45.6 Å². The molecular weight excluding hydrogens is 232 g/mol. The quantitative estimate of drug-likeness (QED) is 0.811. The van der Waals surface area contributed by atoms with Crippen LogP contribution in [0, 0.1) is 0 Å². The number of benzene rings is 1. The lowest BCUT2D eigenvalue weighted by Gasteiger charge is -2.16. The van der Waals surface area contributed by atoms with Crippen molar-refractivity contribution in [2.75, 3.05) is 6.54 Å². The van der Waals surface area contributed by atoms with Crippen molar-refractivity contribution in [1.29, 1.82) is 0 Å². The number of nitrogens with zero attached hydrogens (tertiary/aromatic N) is 1. The minimum absolute atomic E-state index is 0.631. The fourth-order valence-corrected chi connectivity index (χ4v) is 2.51. The van der Waals surface area contributed by atoms with Gasteiger partial charge in [-0.05, 0) is 49.9 Å². The largest absolute Gasteiger partial charge is 0.314 e. The number of pyridine rings is 1. The first-order chi connectivity index (χ1) is 9.35. The number of fused-ring (bicyclic) bond motifs is 1. The molecule has 0 fully saturated rings. The number of rotatable bonds is 7. The van der Waals surface area contributed by atoms with E-state index in [-0.39, 0.29) is 0 Å². The third-order valence-corrected chi connectivity index (χ3v) is 3.67. The highest BCUT2D eigenvalue weighted by molar-refractivity contribution is 5.81. The van der Waals surface area contributed by atoms with E-state index < -0.39 is 0 Å². The van der Waals surface area contributed by atoms with E-state index in [1.54, 1.807) is 0 Å². The van der Waals surface area contributed by atoms with Gasteiger partial charge in [-0.2, -0.15) is 0 Å². The first-order valence-electron chi connectivity index (χ1n) is 7.41. The average molecular weight is 256 g/mol. The first-order valence-corrected chi connectivity index (χ1v) is 7.41. The molecule has 1 unspecified atom stereocenters.